The van der Waals surface area contributed by atoms with E-state index in [2.05, 4.69) is 23.3 Å². The Morgan fingerprint density at radius 1 is 1.47 bits per heavy atom. The molecule has 0 bridgehead atoms. The number of nitrogens with zero attached hydrogens (tertiary/aromatic N) is 2. The van der Waals surface area contributed by atoms with Crippen LogP contribution in [0.2, 0.25) is 0 Å². The quantitative estimate of drug-likeness (QED) is 0.933. The van der Waals surface area contributed by atoms with E-state index in [1.165, 1.54) is 4.88 Å². The smallest absolute Gasteiger partial charge is 0.138 e. The van der Waals surface area contributed by atoms with Crippen molar-refractivity contribution in [3.63, 3.8) is 0 Å². The highest BCUT2D eigenvalue weighted by atomic mass is 32.1. The summed E-state index contributed by atoms with van der Waals surface area (Å²) in [7, 11) is 1.92. The summed E-state index contributed by atoms with van der Waals surface area (Å²) in [5, 5.41) is 4.35. The molecule has 5 heteroatoms. The lowest BCUT2D eigenvalue weighted by Crippen LogP contribution is -2.08. The molecule has 1 aliphatic rings. The van der Waals surface area contributed by atoms with Gasteiger partial charge in [0.1, 0.15) is 16.5 Å². The van der Waals surface area contributed by atoms with Gasteiger partial charge in [0.15, 0.2) is 0 Å². The molecule has 19 heavy (non-hydrogen) atoms. The molecule has 1 atom stereocenters. The fraction of sp³-hybridized carbons (Fsp3) is 0.571. The lowest BCUT2D eigenvalue weighted by Gasteiger charge is -2.08. The monoisotopic (exact) mass is 277 g/mol. The molecule has 0 saturated carbocycles. The standard InChI is InChI=1S/C14H19N3OS/c1-3-10-7-11-13(15-2)16-12(17-14(11)19-10)6-9-4-5-18-8-9/h7,9H,3-6,8H2,1-2H3,(H,15,16,17). The maximum absolute atomic E-state index is 5.43. The summed E-state index contributed by atoms with van der Waals surface area (Å²) >= 11 is 1.78. The summed E-state index contributed by atoms with van der Waals surface area (Å²) in [4.78, 5) is 11.9. The summed E-state index contributed by atoms with van der Waals surface area (Å²) in [5.41, 5.74) is 0. The van der Waals surface area contributed by atoms with Gasteiger partial charge in [-0.05, 0) is 24.8 Å². The van der Waals surface area contributed by atoms with Crippen LogP contribution in [0, 0.1) is 5.92 Å². The van der Waals surface area contributed by atoms with Crippen LogP contribution in [0.25, 0.3) is 10.2 Å². The van der Waals surface area contributed by atoms with E-state index in [-0.39, 0.29) is 0 Å². The lowest BCUT2D eigenvalue weighted by atomic mass is 10.0. The SMILES string of the molecule is CCc1cc2c(NC)nc(CC3CCOC3)nc2s1. The molecule has 2 aromatic rings. The first kappa shape index (κ1) is 12.8. The Kier molecular flexibility index (Phi) is 3.66. The third-order valence-corrected chi connectivity index (χ3v) is 4.74. The first-order chi connectivity index (χ1) is 9.30. The van der Waals surface area contributed by atoms with Crippen molar-refractivity contribution in [3.05, 3.63) is 16.8 Å². The van der Waals surface area contributed by atoms with E-state index in [1.54, 1.807) is 11.3 Å². The molecule has 1 aliphatic heterocycles. The minimum Gasteiger partial charge on any atom is -0.381 e. The van der Waals surface area contributed by atoms with E-state index < -0.39 is 0 Å². The Labute approximate surface area is 117 Å². The fourth-order valence-electron chi connectivity index (χ4n) is 2.47. The van der Waals surface area contributed by atoms with Crippen LogP contribution in [0.4, 0.5) is 5.82 Å². The predicted octanol–water partition coefficient (Wildman–Crippen LogP) is 2.87. The van der Waals surface area contributed by atoms with Crippen LogP contribution >= 0.6 is 11.3 Å². The highest BCUT2D eigenvalue weighted by Gasteiger charge is 2.19. The Morgan fingerprint density at radius 3 is 3.05 bits per heavy atom. The second-order valence-corrected chi connectivity index (χ2v) is 6.07. The van der Waals surface area contributed by atoms with E-state index >= 15 is 0 Å². The van der Waals surface area contributed by atoms with Crippen LogP contribution < -0.4 is 5.32 Å². The second-order valence-electron chi connectivity index (χ2n) is 4.96. The van der Waals surface area contributed by atoms with E-state index in [1.807, 2.05) is 7.05 Å². The van der Waals surface area contributed by atoms with Crippen LogP contribution in [0.15, 0.2) is 6.07 Å². The predicted molar refractivity (Wildman–Crippen MR) is 79.0 cm³/mol. The van der Waals surface area contributed by atoms with Crippen molar-refractivity contribution in [1.29, 1.82) is 0 Å². The van der Waals surface area contributed by atoms with Crippen molar-refractivity contribution >= 4 is 27.4 Å². The van der Waals surface area contributed by atoms with Gasteiger partial charge >= 0.3 is 0 Å². The zero-order valence-corrected chi connectivity index (χ0v) is 12.2. The number of rotatable bonds is 4. The molecule has 1 saturated heterocycles. The summed E-state index contributed by atoms with van der Waals surface area (Å²) in [6.07, 6.45) is 3.10. The van der Waals surface area contributed by atoms with Crippen LogP contribution in [-0.2, 0) is 17.6 Å². The molecule has 1 fully saturated rings. The second kappa shape index (κ2) is 5.43. The molecule has 3 rings (SSSR count). The molecular weight excluding hydrogens is 258 g/mol. The van der Waals surface area contributed by atoms with Gasteiger partial charge in [0.2, 0.25) is 0 Å². The molecule has 0 aromatic carbocycles. The number of aryl methyl sites for hydroxylation is 1. The van der Waals surface area contributed by atoms with E-state index in [4.69, 9.17) is 9.72 Å². The molecular formula is C14H19N3OS. The normalized spacial score (nSPS) is 19.2. The van der Waals surface area contributed by atoms with Gasteiger partial charge in [-0.3, -0.25) is 0 Å². The van der Waals surface area contributed by atoms with Crippen molar-refractivity contribution in [2.75, 3.05) is 25.6 Å². The third-order valence-electron chi connectivity index (χ3n) is 3.57. The van der Waals surface area contributed by atoms with Gasteiger partial charge in [0.05, 0.1) is 5.39 Å². The molecule has 4 nitrogen and oxygen atoms in total. The van der Waals surface area contributed by atoms with Crippen molar-refractivity contribution in [1.82, 2.24) is 9.97 Å². The average molecular weight is 277 g/mol. The molecule has 0 spiro atoms. The summed E-state index contributed by atoms with van der Waals surface area (Å²) < 4.78 is 5.43. The first-order valence-corrected chi connectivity index (χ1v) is 7.66. The van der Waals surface area contributed by atoms with Crippen LogP contribution in [0.3, 0.4) is 0 Å². The van der Waals surface area contributed by atoms with E-state index in [0.717, 1.165) is 54.3 Å². The van der Waals surface area contributed by atoms with Gasteiger partial charge in [0.25, 0.3) is 0 Å². The minimum atomic E-state index is 0.577. The molecule has 1 unspecified atom stereocenters. The van der Waals surface area contributed by atoms with E-state index in [0.29, 0.717) is 5.92 Å². The van der Waals surface area contributed by atoms with Gasteiger partial charge in [-0.25, -0.2) is 9.97 Å². The Bertz CT molecular complexity index is 575. The zero-order chi connectivity index (χ0) is 13.2. The summed E-state index contributed by atoms with van der Waals surface area (Å²) in [5.74, 6) is 2.47. The van der Waals surface area contributed by atoms with Crippen LogP contribution in [0.1, 0.15) is 24.0 Å². The maximum atomic E-state index is 5.43. The summed E-state index contributed by atoms with van der Waals surface area (Å²) in [6.45, 7) is 3.90. The van der Waals surface area contributed by atoms with Gasteiger partial charge in [-0.2, -0.15) is 0 Å². The summed E-state index contributed by atoms with van der Waals surface area (Å²) in [6, 6.07) is 2.20. The van der Waals surface area contributed by atoms with Gasteiger partial charge in [0, 0.05) is 31.6 Å². The van der Waals surface area contributed by atoms with Gasteiger partial charge in [-0.15, -0.1) is 11.3 Å². The Balaban J connectivity index is 1.95. The van der Waals surface area contributed by atoms with Gasteiger partial charge in [-0.1, -0.05) is 6.92 Å². The lowest BCUT2D eigenvalue weighted by molar-refractivity contribution is 0.185. The minimum absolute atomic E-state index is 0.577. The number of hydrogen-bond acceptors (Lipinski definition) is 5. The number of aromatic nitrogens is 2. The molecule has 0 amide bonds. The number of fused-ring (bicyclic) bond motifs is 1. The Hall–Kier alpha value is -1.20. The van der Waals surface area contributed by atoms with Crippen molar-refractivity contribution in [2.45, 2.75) is 26.2 Å². The van der Waals surface area contributed by atoms with Crippen LogP contribution in [-0.4, -0.2) is 30.2 Å². The highest BCUT2D eigenvalue weighted by Crippen LogP contribution is 2.30. The van der Waals surface area contributed by atoms with Crippen molar-refractivity contribution in [3.8, 4) is 0 Å². The fourth-order valence-corrected chi connectivity index (χ4v) is 3.46. The molecule has 102 valence electrons. The largest absolute Gasteiger partial charge is 0.381 e. The zero-order valence-electron chi connectivity index (χ0n) is 11.4. The van der Waals surface area contributed by atoms with Crippen molar-refractivity contribution in [2.24, 2.45) is 5.92 Å². The van der Waals surface area contributed by atoms with Crippen LogP contribution in [0.5, 0.6) is 0 Å². The highest BCUT2D eigenvalue weighted by molar-refractivity contribution is 7.18. The van der Waals surface area contributed by atoms with E-state index in [9.17, 15) is 0 Å². The first-order valence-electron chi connectivity index (χ1n) is 6.85. The third kappa shape index (κ3) is 2.58. The maximum Gasteiger partial charge on any atom is 0.138 e. The van der Waals surface area contributed by atoms with Gasteiger partial charge < -0.3 is 10.1 Å². The molecule has 2 aromatic heterocycles. The Morgan fingerprint density at radius 2 is 2.37 bits per heavy atom. The number of nitrogens with one attached hydrogen (secondary N) is 1. The average Bonchev–Trinajstić information content (AvgIpc) is 3.06. The topological polar surface area (TPSA) is 47.0 Å². The number of thiophene rings is 1. The van der Waals surface area contributed by atoms with Crippen molar-refractivity contribution < 1.29 is 4.74 Å². The number of anilines is 1. The molecule has 0 aliphatic carbocycles. The molecule has 0 radical (unpaired) electrons. The molecule has 1 N–H and O–H groups in total. The number of hydrogen-bond donors (Lipinski definition) is 1. The molecule has 3 heterocycles. The number of ether oxygens (including phenoxy) is 1.